The van der Waals surface area contributed by atoms with Crippen molar-refractivity contribution in [2.24, 2.45) is 0 Å². The number of methoxy groups -OCH3 is 1. The molecular weight excluding hydrogens is 372 g/mol. The van der Waals surface area contributed by atoms with Crippen molar-refractivity contribution in [3.63, 3.8) is 0 Å². The molecule has 0 heterocycles. The van der Waals surface area contributed by atoms with Gasteiger partial charge in [-0.3, -0.25) is 20.4 Å². The molecule has 0 saturated carbocycles. The lowest BCUT2D eigenvalue weighted by Crippen LogP contribution is -2.44. The third-order valence-corrected chi connectivity index (χ3v) is 3.92. The Kier molecular flexibility index (Phi) is 7.76. The maximum absolute atomic E-state index is 11.7. The highest BCUT2D eigenvalue weighted by atomic mass is 35.5. The van der Waals surface area contributed by atoms with Gasteiger partial charge in [-0.15, -0.1) is 0 Å². The molecule has 0 fully saturated rings. The van der Waals surface area contributed by atoms with Gasteiger partial charge in [-0.2, -0.15) is 0 Å². The maximum atomic E-state index is 11.7. The first kappa shape index (κ1) is 20.4. The fourth-order valence-corrected chi connectivity index (χ4v) is 2.14. The third kappa shape index (κ3) is 7.07. The number of nitrogens with one attached hydrogen (secondary N) is 2. The Morgan fingerprint density at radius 2 is 1.56 bits per heavy atom. The lowest BCUT2D eigenvalue weighted by molar-refractivity contribution is -0.130. The largest absolute Gasteiger partial charge is 0.497 e. The molecule has 8 heteroatoms. The van der Waals surface area contributed by atoms with Gasteiger partial charge in [0.2, 0.25) is 5.91 Å². The molecule has 7 nitrogen and oxygen atoms in total. The van der Waals surface area contributed by atoms with Gasteiger partial charge in [0.05, 0.1) is 20.1 Å². The summed E-state index contributed by atoms with van der Waals surface area (Å²) in [5, 5.41) is 0.621. The zero-order valence-corrected chi connectivity index (χ0v) is 15.8. The lowest BCUT2D eigenvalue weighted by atomic mass is 10.2. The van der Waals surface area contributed by atoms with Crippen LogP contribution in [-0.4, -0.2) is 32.1 Å². The minimum Gasteiger partial charge on any atom is -0.497 e. The van der Waals surface area contributed by atoms with Crippen LogP contribution in [-0.2, 0) is 9.59 Å². The van der Waals surface area contributed by atoms with Crippen LogP contribution in [0.5, 0.6) is 17.2 Å². The lowest BCUT2D eigenvalue weighted by Gasteiger charge is -2.10. The second kappa shape index (κ2) is 10.3. The molecule has 0 radical (unpaired) electrons. The topological polar surface area (TPSA) is 85.9 Å². The minimum absolute atomic E-state index is 0.0869. The molecule has 27 heavy (non-hydrogen) atoms. The smallest absolute Gasteiger partial charge is 0.276 e. The molecule has 0 aromatic heterocycles. The Morgan fingerprint density at radius 3 is 2.22 bits per heavy atom. The first-order chi connectivity index (χ1) is 13.0. The van der Waals surface area contributed by atoms with Gasteiger partial charge in [0.25, 0.3) is 5.91 Å². The number of hydrogen-bond acceptors (Lipinski definition) is 5. The fraction of sp³-hybridized carbons (Fsp3) is 0.263. The number of halogens is 1. The van der Waals surface area contributed by atoms with E-state index in [-0.39, 0.29) is 25.5 Å². The Labute approximate surface area is 162 Å². The van der Waals surface area contributed by atoms with Crippen molar-refractivity contribution in [3.05, 3.63) is 53.1 Å². The monoisotopic (exact) mass is 392 g/mol. The van der Waals surface area contributed by atoms with Crippen molar-refractivity contribution < 1.29 is 23.8 Å². The average Bonchev–Trinajstić information content (AvgIpc) is 2.68. The third-order valence-electron chi connectivity index (χ3n) is 3.50. The van der Waals surface area contributed by atoms with Crippen molar-refractivity contribution >= 4 is 23.4 Å². The molecule has 0 bridgehead atoms. The standard InChI is InChI=1S/C19H21ClN2O5/c1-13-11-16(7-8-17(13)20)27-12-19(24)22-21-18(23)9-10-26-15-5-3-14(25-2)4-6-15/h3-8,11H,9-10,12H2,1-2H3,(H,21,23)(H,22,24). The quantitative estimate of drug-likeness (QED) is 0.674. The van der Waals surface area contributed by atoms with E-state index in [2.05, 4.69) is 10.9 Å². The highest BCUT2D eigenvalue weighted by Crippen LogP contribution is 2.20. The Morgan fingerprint density at radius 1 is 0.926 bits per heavy atom. The second-order valence-corrected chi connectivity index (χ2v) is 5.98. The summed E-state index contributed by atoms with van der Waals surface area (Å²) in [5.41, 5.74) is 5.43. The number of carbonyl (C=O) groups excluding carboxylic acids is 2. The molecule has 0 unspecified atom stereocenters. The van der Waals surface area contributed by atoms with Crippen LogP contribution in [0, 0.1) is 6.92 Å². The van der Waals surface area contributed by atoms with E-state index < -0.39 is 5.91 Å². The number of rotatable bonds is 8. The summed E-state index contributed by atoms with van der Waals surface area (Å²) in [5.74, 6) is 1.01. The Hall–Kier alpha value is -2.93. The van der Waals surface area contributed by atoms with Gasteiger partial charge in [0.15, 0.2) is 6.61 Å². The van der Waals surface area contributed by atoms with Crippen LogP contribution in [0.2, 0.25) is 5.02 Å². The number of hydrogen-bond donors (Lipinski definition) is 2. The fourth-order valence-electron chi connectivity index (χ4n) is 2.03. The van der Waals surface area contributed by atoms with Crippen LogP contribution in [0.25, 0.3) is 0 Å². The summed E-state index contributed by atoms with van der Waals surface area (Å²) in [7, 11) is 1.58. The molecule has 2 rings (SSSR count). The predicted octanol–water partition coefficient (Wildman–Crippen LogP) is 2.65. The Bertz CT molecular complexity index is 780. The van der Waals surface area contributed by atoms with Gasteiger partial charge in [-0.25, -0.2) is 0 Å². The molecule has 144 valence electrons. The van der Waals surface area contributed by atoms with Gasteiger partial charge >= 0.3 is 0 Å². The Balaban J connectivity index is 1.62. The first-order valence-corrected chi connectivity index (χ1v) is 8.59. The molecule has 2 N–H and O–H groups in total. The number of carbonyl (C=O) groups is 2. The molecule has 0 aliphatic carbocycles. The van der Waals surface area contributed by atoms with Crippen molar-refractivity contribution in [2.75, 3.05) is 20.3 Å². The van der Waals surface area contributed by atoms with Gasteiger partial charge in [0.1, 0.15) is 17.2 Å². The molecule has 2 amide bonds. The van der Waals surface area contributed by atoms with Crippen LogP contribution >= 0.6 is 11.6 Å². The summed E-state index contributed by atoms with van der Waals surface area (Å²) in [4.78, 5) is 23.4. The van der Waals surface area contributed by atoms with Crippen LogP contribution in [0.1, 0.15) is 12.0 Å². The first-order valence-electron chi connectivity index (χ1n) is 8.21. The van der Waals surface area contributed by atoms with Crippen molar-refractivity contribution in [1.29, 1.82) is 0 Å². The van der Waals surface area contributed by atoms with Crippen LogP contribution in [0.4, 0.5) is 0 Å². The average molecular weight is 393 g/mol. The van der Waals surface area contributed by atoms with E-state index in [4.69, 9.17) is 25.8 Å². The second-order valence-electron chi connectivity index (χ2n) is 5.57. The van der Waals surface area contributed by atoms with Crippen molar-refractivity contribution in [1.82, 2.24) is 10.9 Å². The van der Waals surface area contributed by atoms with E-state index in [1.165, 1.54) is 0 Å². The van der Waals surface area contributed by atoms with E-state index in [1.807, 2.05) is 6.92 Å². The van der Waals surface area contributed by atoms with Crippen LogP contribution in [0.3, 0.4) is 0 Å². The van der Waals surface area contributed by atoms with E-state index in [1.54, 1.807) is 49.6 Å². The summed E-state index contributed by atoms with van der Waals surface area (Å²) >= 11 is 5.92. The molecule has 0 spiro atoms. The number of hydrazine groups is 1. The van der Waals surface area contributed by atoms with E-state index in [9.17, 15) is 9.59 Å². The minimum atomic E-state index is -0.480. The summed E-state index contributed by atoms with van der Waals surface area (Å²) in [6.07, 6.45) is 0.0869. The highest BCUT2D eigenvalue weighted by Gasteiger charge is 2.07. The number of aryl methyl sites for hydroxylation is 1. The predicted molar refractivity (Wildman–Crippen MR) is 101 cm³/mol. The van der Waals surface area contributed by atoms with E-state index >= 15 is 0 Å². The van der Waals surface area contributed by atoms with Crippen molar-refractivity contribution in [3.8, 4) is 17.2 Å². The van der Waals surface area contributed by atoms with E-state index in [0.29, 0.717) is 16.5 Å². The van der Waals surface area contributed by atoms with Crippen LogP contribution < -0.4 is 25.1 Å². The van der Waals surface area contributed by atoms with Gasteiger partial charge in [0, 0.05) is 5.02 Å². The molecule has 0 atom stereocenters. The normalized spacial score (nSPS) is 10.0. The van der Waals surface area contributed by atoms with Gasteiger partial charge in [-0.05, 0) is 55.0 Å². The summed E-state index contributed by atoms with van der Waals surface area (Å²) < 4.78 is 15.8. The van der Waals surface area contributed by atoms with Gasteiger partial charge in [-0.1, -0.05) is 11.6 Å². The molecule has 0 aliphatic rings. The van der Waals surface area contributed by atoms with Crippen LogP contribution in [0.15, 0.2) is 42.5 Å². The van der Waals surface area contributed by atoms with E-state index in [0.717, 1.165) is 11.3 Å². The number of benzene rings is 2. The zero-order valence-electron chi connectivity index (χ0n) is 15.1. The molecule has 0 saturated heterocycles. The number of amides is 2. The summed E-state index contributed by atoms with van der Waals surface area (Å²) in [6.45, 7) is 1.78. The zero-order chi connectivity index (χ0) is 19.6. The highest BCUT2D eigenvalue weighted by molar-refractivity contribution is 6.31. The molecule has 2 aromatic rings. The maximum Gasteiger partial charge on any atom is 0.276 e. The van der Waals surface area contributed by atoms with Crippen molar-refractivity contribution in [2.45, 2.75) is 13.3 Å². The molecule has 0 aliphatic heterocycles. The summed E-state index contributed by atoms with van der Waals surface area (Å²) in [6, 6.07) is 12.1. The SMILES string of the molecule is COc1ccc(OCCC(=O)NNC(=O)COc2ccc(Cl)c(C)c2)cc1. The molecular formula is C19H21ClN2O5. The van der Waals surface area contributed by atoms with Gasteiger partial charge < -0.3 is 14.2 Å². The molecule has 2 aromatic carbocycles. The number of ether oxygens (including phenoxy) is 3.